The lowest BCUT2D eigenvalue weighted by Crippen LogP contribution is -2.07. The van der Waals surface area contributed by atoms with Crippen LogP contribution in [-0.4, -0.2) is 32.2 Å². The summed E-state index contributed by atoms with van der Waals surface area (Å²) in [6.07, 6.45) is 0. The molecule has 5 nitrogen and oxygen atoms in total. The highest BCUT2D eigenvalue weighted by Crippen LogP contribution is 2.47. The predicted molar refractivity (Wildman–Crippen MR) is 92.7 cm³/mol. The lowest BCUT2D eigenvalue weighted by molar-refractivity contribution is 0.130. The summed E-state index contributed by atoms with van der Waals surface area (Å²) < 4.78 is 32.0. The number of benzene rings is 1. The van der Waals surface area contributed by atoms with Gasteiger partial charge in [0.05, 0.1) is 11.5 Å². The van der Waals surface area contributed by atoms with Crippen LogP contribution in [0.5, 0.6) is 5.75 Å². The fourth-order valence-electron chi connectivity index (χ4n) is 1.29. The standard InChI is InChI=1S/C14H23O5PS2/c1-14(2,3)22-21-13-9-7-6-8-12(13)18-10-11-19-20(15,16-4)17-5/h6-9H,10-11H2,1-5H3. The molecule has 22 heavy (non-hydrogen) atoms. The summed E-state index contributed by atoms with van der Waals surface area (Å²) in [5, 5.41) is 0. The molecule has 0 fully saturated rings. The molecule has 0 aliphatic heterocycles. The molecule has 0 aliphatic carbocycles. The normalized spacial score (nSPS) is 12.4. The second kappa shape index (κ2) is 9.21. The Morgan fingerprint density at radius 2 is 1.73 bits per heavy atom. The zero-order valence-corrected chi connectivity index (χ0v) is 16.1. The fourth-order valence-corrected chi connectivity index (χ4v) is 4.06. The second-order valence-electron chi connectivity index (χ2n) is 5.22. The van der Waals surface area contributed by atoms with Crippen molar-refractivity contribution in [2.45, 2.75) is 30.4 Å². The monoisotopic (exact) mass is 366 g/mol. The van der Waals surface area contributed by atoms with Gasteiger partial charge in [-0.05, 0) is 12.1 Å². The minimum absolute atomic E-state index is 0.115. The van der Waals surface area contributed by atoms with Crippen molar-refractivity contribution in [3.05, 3.63) is 24.3 Å². The van der Waals surface area contributed by atoms with Gasteiger partial charge in [-0.1, -0.05) is 54.5 Å². The third-order valence-electron chi connectivity index (χ3n) is 2.27. The van der Waals surface area contributed by atoms with E-state index < -0.39 is 7.82 Å². The molecule has 1 rings (SSSR count). The van der Waals surface area contributed by atoms with Crippen LogP contribution >= 0.6 is 29.4 Å². The van der Waals surface area contributed by atoms with Gasteiger partial charge in [-0.15, -0.1) is 0 Å². The van der Waals surface area contributed by atoms with Gasteiger partial charge < -0.3 is 4.74 Å². The third-order valence-corrected chi connectivity index (χ3v) is 7.05. The van der Waals surface area contributed by atoms with Crippen LogP contribution in [0.4, 0.5) is 0 Å². The van der Waals surface area contributed by atoms with Gasteiger partial charge in [-0.25, -0.2) is 4.57 Å². The molecule has 126 valence electrons. The number of hydrogen-bond acceptors (Lipinski definition) is 7. The Labute approximate surface area is 140 Å². The van der Waals surface area contributed by atoms with Crippen molar-refractivity contribution in [3.63, 3.8) is 0 Å². The van der Waals surface area contributed by atoms with Crippen LogP contribution in [0.15, 0.2) is 29.2 Å². The van der Waals surface area contributed by atoms with Crippen LogP contribution in [-0.2, 0) is 18.1 Å². The maximum atomic E-state index is 11.7. The van der Waals surface area contributed by atoms with E-state index in [1.807, 2.05) is 24.3 Å². The average molecular weight is 366 g/mol. The Morgan fingerprint density at radius 3 is 2.32 bits per heavy atom. The summed E-state index contributed by atoms with van der Waals surface area (Å²) in [6.45, 7) is 6.86. The highest BCUT2D eigenvalue weighted by atomic mass is 33.1. The van der Waals surface area contributed by atoms with Gasteiger partial charge in [0.2, 0.25) is 0 Å². The maximum Gasteiger partial charge on any atom is 0.474 e. The molecule has 0 saturated carbocycles. The molecule has 0 spiro atoms. The summed E-state index contributed by atoms with van der Waals surface area (Å²) in [5.74, 6) is 0.775. The van der Waals surface area contributed by atoms with Crippen LogP contribution in [0.1, 0.15) is 20.8 Å². The SMILES string of the molecule is COP(=O)(OC)OCCOc1ccccc1SSC(C)(C)C. The molecular formula is C14H23O5PS2. The van der Waals surface area contributed by atoms with Gasteiger partial charge in [0.15, 0.2) is 0 Å². The van der Waals surface area contributed by atoms with E-state index >= 15 is 0 Å². The van der Waals surface area contributed by atoms with Gasteiger partial charge in [0, 0.05) is 19.0 Å². The Bertz CT molecular complexity index is 496. The summed E-state index contributed by atoms with van der Waals surface area (Å²) >= 11 is 0. The molecule has 0 aliphatic rings. The van der Waals surface area contributed by atoms with Crippen LogP contribution < -0.4 is 4.74 Å². The van der Waals surface area contributed by atoms with Crippen molar-refractivity contribution < 1.29 is 22.9 Å². The van der Waals surface area contributed by atoms with Crippen molar-refractivity contribution >= 4 is 29.4 Å². The van der Waals surface area contributed by atoms with E-state index in [0.29, 0.717) is 0 Å². The molecule has 0 bridgehead atoms. The van der Waals surface area contributed by atoms with Gasteiger partial charge in [-0.3, -0.25) is 13.6 Å². The first kappa shape index (κ1) is 19.9. The van der Waals surface area contributed by atoms with Gasteiger partial charge in [0.1, 0.15) is 12.4 Å². The van der Waals surface area contributed by atoms with Crippen molar-refractivity contribution in [1.82, 2.24) is 0 Å². The van der Waals surface area contributed by atoms with E-state index in [-0.39, 0.29) is 18.0 Å². The van der Waals surface area contributed by atoms with E-state index in [0.717, 1.165) is 10.6 Å². The van der Waals surface area contributed by atoms with Gasteiger partial charge >= 0.3 is 7.82 Å². The smallest absolute Gasteiger partial charge is 0.474 e. The minimum atomic E-state index is -3.44. The van der Waals surface area contributed by atoms with Crippen molar-refractivity contribution in [3.8, 4) is 5.75 Å². The van der Waals surface area contributed by atoms with Crippen LogP contribution in [0, 0.1) is 0 Å². The van der Waals surface area contributed by atoms with Gasteiger partial charge in [-0.2, -0.15) is 0 Å². The predicted octanol–water partition coefficient (Wildman–Crippen LogP) is 5.02. The van der Waals surface area contributed by atoms with E-state index in [1.165, 1.54) is 14.2 Å². The zero-order chi connectivity index (χ0) is 16.6. The highest BCUT2D eigenvalue weighted by Gasteiger charge is 2.22. The molecule has 0 atom stereocenters. The summed E-state index contributed by atoms with van der Waals surface area (Å²) in [4.78, 5) is 1.05. The Balaban J connectivity index is 2.51. The minimum Gasteiger partial charge on any atom is -0.490 e. The molecule has 0 saturated heterocycles. The molecule has 1 aromatic carbocycles. The van der Waals surface area contributed by atoms with Crippen LogP contribution in [0.25, 0.3) is 0 Å². The Hall–Kier alpha value is -0.170. The number of para-hydroxylation sites is 1. The summed E-state index contributed by atoms with van der Waals surface area (Å²) in [5.41, 5.74) is 0. The van der Waals surface area contributed by atoms with E-state index in [1.54, 1.807) is 21.6 Å². The van der Waals surface area contributed by atoms with Crippen LogP contribution in [0.3, 0.4) is 0 Å². The number of hydrogen-bond donors (Lipinski definition) is 0. The maximum absolute atomic E-state index is 11.7. The topological polar surface area (TPSA) is 54.0 Å². The van der Waals surface area contributed by atoms with Crippen molar-refractivity contribution in [2.75, 3.05) is 27.4 Å². The van der Waals surface area contributed by atoms with E-state index in [4.69, 9.17) is 9.26 Å². The highest BCUT2D eigenvalue weighted by molar-refractivity contribution is 8.77. The first-order chi connectivity index (χ1) is 10.3. The number of phosphoric ester groups is 1. The Morgan fingerprint density at radius 1 is 1.09 bits per heavy atom. The average Bonchev–Trinajstić information content (AvgIpc) is 2.49. The second-order valence-corrected chi connectivity index (χ2v) is 10.1. The Kier molecular flexibility index (Phi) is 8.32. The fraction of sp³-hybridized carbons (Fsp3) is 0.571. The number of rotatable bonds is 9. The van der Waals surface area contributed by atoms with Crippen molar-refractivity contribution in [2.24, 2.45) is 0 Å². The lowest BCUT2D eigenvalue weighted by atomic mass is 10.3. The molecule has 0 radical (unpaired) electrons. The zero-order valence-electron chi connectivity index (χ0n) is 13.5. The van der Waals surface area contributed by atoms with E-state index in [9.17, 15) is 4.57 Å². The molecule has 8 heteroatoms. The summed E-state index contributed by atoms with van der Waals surface area (Å²) in [6, 6.07) is 7.79. The molecular weight excluding hydrogens is 343 g/mol. The molecule has 1 aromatic rings. The van der Waals surface area contributed by atoms with Crippen LogP contribution in [0.2, 0.25) is 0 Å². The summed E-state index contributed by atoms with van der Waals surface area (Å²) in [7, 11) is 2.56. The molecule has 0 heterocycles. The first-order valence-corrected chi connectivity index (χ1v) is 10.3. The third kappa shape index (κ3) is 7.40. The number of phosphoric acid groups is 1. The molecule has 0 amide bonds. The number of ether oxygens (including phenoxy) is 1. The van der Waals surface area contributed by atoms with Gasteiger partial charge in [0.25, 0.3) is 0 Å². The molecule has 0 N–H and O–H groups in total. The molecule has 0 unspecified atom stereocenters. The quantitative estimate of drug-likeness (QED) is 0.345. The van der Waals surface area contributed by atoms with E-state index in [2.05, 4.69) is 29.8 Å². The molecule has 0 aromatic heterocycles. The lowest BCUT2D eigenvalue weighted by Gasteiger charge is -2.18. The first-order valence-electron chi connectivity index (χ1n) is 6.73. The van der Waals surface area contributed by atoms with Crippen molar-refractivity contribution in [1.29, 1.82) is 0 Å². The largest absolute Gasteiger partial charge is 0.490 e.